The first-order valence-corrected chi connectivity index (χ1v) is 11.9. The molecular weight excluding hydrogens is 498 g/mol. The van der Waals surface area contributed by atoms with Crippen LogP contribution in [-0.4, -0.2) is 42.7 Å². The lowest BCUT2D eigenvalue weighted by molar-refractivity contribution is -0.140. The largest absolute Gasteiger partial charge is 0.507 e. The van der Waals surface area contributed by atoms with Gasteiger partial charge in [0, 0.05) is 6.54 Å². The Morgan fingerprint density at radius 3 is 2.46 bits per heavy atom. The molecule has 0 spiro atoms. The number of methoxy groups -OCH3 is 2. The summed E-state index contributed by atoms with van der Waals surface area (Å²) in [6, 6.07) is 14.8. The van der Waals surface area contributed by atoms with E-state index < -0.39 is 17.7 Å². The van der Waals surface area contributed by atoms with Crippen LogP contribution in [0, 0.1) is 6.92 Å². The molecule has 2 aliphatic rings. The van der Waals surface area contributed by atoms with Crippen molar-refractivity contribution in [3.8, 4) is 23.0 Å². The van der Waals surface area contributed by atoms with Crippen LogP contribution in [0.3, 0.4) is 0 Å². The number of hydrogen-bond donors (Lipinski definition) is 1. The molecule has 1 saturated heterocycles. The third-order valence-electron chi connectivity index (χ3n) is 6.41. The van der Waals surface area contributed by atoms with Crippen LogP contribution in [0.2, 0.25) is 5.02 Å². The first kappa shape index (κ1) is 24.5. The summed E-state index contributed by atoms with van der Waals surface area (Å²) in [6.45, 7) is 2.03. The van der Waals surface area contributed by atoms with Crippen molar-refractivity contribution >= 4 is 29.1 Å². The molecule has 0 aromatic heterocycles. The maximum Gasteiger partial charge on any atom is 0.295 e. The number of hydrogen-bond acceptors (Lipinski definition) is 7. The topological polar surface area (TPSA) is 94.5 Å². The number of nitrogens with zero attached hydrogens (tertiary/aromatic N) is 1. The van der Waals surface area contributed by atoms with Gasteiger partial charge >= 0.3 is 0 Å². The van der Waals surface area contributed by atoms with E-state index in [9.17, 15) is 14.7 Å². The van der Waals surface area contributed by atoms with Gasteiger partial charge in [0.15, 0.2) is 11.5 Å². The van der Waals surface area contributed by atoms with Gasteiger partial charge in [-0.1, -0.05) is 29.8 Å². The number of rotatable bonds is 6. The number of aryl methyl sites for hydroxylation is 1. The van der Waals surface area contributed by atoms with Gasteiger partial charge in [-0.2, -0.15) is 0 Å². The Morgan fingerprint density at radius 2 is 1.76 bits per heavy atom. The quantitative estimate of drug-likeness (QED) is 0.276. The second-order valence-corrected chi connectivity index (χ2v) is 9.12. The fourth-order valence-electron chi connectivity index (χ4n) is 4.67. The molecule has 1 fully saturated rings. The van der Waals surface area contributed by atoms with Crippen LogP contribution in [0.1, 0.15) is 28.3 Å². The molecule has 0 aliphatic carbocycles. The number of likely N-dealkylation sites (tertiary alicyclic amines) is 1. The first-order chi connectivity index (χ1) is 17.8. The third-order valence-corrected chi connectivity index (χ3v) is 6.69. The molecule has 0 bridgehead atoms. The second kappa shape index (κ2) is 9.71. The number of amides is 1. The zero-order valence-electron chi connectivity index (χ0n) is 20.4. The van der Waals surface area contributed by atoms with Crippen molar-refractivity contribution < 1.29 is 33.6 Å². The number of ketones is 1. The molecule has 1 N–H and O–H groups in total. The van der Waals surface area contributed by atoms with Gasteiger partial charge < -0.3 is 29.0 Å². The summed E-state index contributed by atoms with van der Waals surface area (Å²) >= 11 is 6.36. The highest BCUT2D eigenvalue weighted by atomic mass is 35.5. The monoisotopic (exact) mass is 521 g/mol. The van der Waals surface area contributed by atoms with Crippen molar-refractivity contribution in [1.29, 1.82) is 0 Å². The number of fused-ring (bicyclic) bond motifs is 1. The minimum absolute atomic E-state index is 0.0594. The van der Waals surface area contributed by atoms with Crippen LogP contribution >= 0.6 is 11.6 Å². The summed E-state index contributed by atoms with van der Waals surface area (Å²) in [5.41, 5.74) is 2.28. The highest BCUT2D eigenvalue weighted by Crippen LogP contribution is 2.44. The highest BCUT2D eigenvalue weighted by molar-refractivity contribution is 6.46. The van der Waals surface area contributed by atoms with E-state index in [1.165, 1.54) is 12.0 Å². The summed E-state index contributed by atoms with van der Waals surface area (Å²) in [5.74, 6) is 0.0882. The average Bonchev–Trinajstić information content (AvgIpc) is 3.46. The Labute approximate surface area is 218 Å². The van der Waals surface area contributed by atoms with Gasteiger partial charge in [-0.25, -0.2) is 0 Å². The molecule has 2 heterocycles. The van der Waals surface area contributed by atoms with Gasteiger partial charge in [-0.05, 0) is 60.0 Å². The van der Waals surface area contributed by atoms with E-state index in [1.807, 2.05) is 0 Å². The number of carbonyl (C=O) groups is 2. The average molecular weight is 522 g/mol. The standard InChI is InChI=1S/C28H24ClNO7/c1-15-10-19(27(35-3)20(29)11-15)25(31)23-24(17-5-7-18(34-2)8-6-17)30(28(33)26(23)32)13-16-4-9-21-22(12-16)37-14-36-21/h4-12,24,31H,13-14H2,1-3H3/b25-23+. The Kier molecular flexibility index (Phi) is 6.43. The van der Waals surface area contributed by atoms with E-state index in [4.69, 9.17) is 30.5 Å². The molecule has 3 aromatic carbocycles. The number of aliphatic hydroxyl groups is 1. The van der Waals surface area contributed by atoms with Gasteiger partial charge in [0.05, 0.1) is 36.4 Å². The maximum atomic E-state index is 13.4. The van der Waals surface area contributed by atoms with Crippen LogP contribution in [0.5, 0.6) is 23.0 Å². The molecule has 8 nitrogen and oxygen atoms in total. The lowest BCUT2D eigenvalue weighted by atomic mass is 9.94. The van der Waals surface area contributed by atoms with Gasteiger partial charge in [-0.15, -0.1) is 0 Å². The Morgan fingerprint density at radius 1 is 1.03 bits per heavy atom. The molecule has 37 heavy (non-hydrogen) atoms. The lowest BCUT2D eigenvalue weighted by Crippen LogP contribution is -2.29. The molecule has 0 radical (unpaired) electrons. The summed E-state index contributed by atoms with van der Waals surface area (Å²) in [4.78, 5) is 28.2. The number of halogens is 1. The van der Waals surface area contributed by atoms with Crippen LogP contribution in [0.25, 0.3) is 5.76 Å². The lowest BCUT2D eigenvalue weighted by Gasteiger charge is -2.26. The SMILES string of the molecule is COc1ccc(C2/C(=C(\O)c3cc(C)cc(Cl)c3OC)C(=O)C(=O)N2Cc2ccc3c(c2)OCO3)cc1. The molecular formula is C28H24ClNO7. The van der Waals surface area contributed by atoms with E-state index in [1.54, 1.807) is 68.6 Å². The summed E-state index contributed by atoms with van der Waals surface area (Å²) in [7, 11) is 2.97. The predicted molar refractivity (Wildman–Crippen MR) is 136 cm³/mol. The van der Waals surface area contributed by atoms with Crippen molar-refractivity contribution in [3.05, 3.63) is 87.4 Å². The molecule has 190 valence electrons. The van der Waals surface area contributed by atoms with Gasteiger partial charge in [0.2, 0.25) is 6.79 Å². The van der Waals surface area contributed by atoms with Gasteiger partial charge in [0.1, 0.15) is 17.3 Å². The van der Waals surface area contributed by atoms with Crippen LogP contribution in [0.15, 0.2) is 60.2 Å². The van der Waals surface area contributed by atoms with Crippen molar-refractivity contribution in [2.75, 3.05) is 21.0 Å². The number of aliphatic hydroxyl groups excluding tert-OH is 1. The molecule has 1 amide bonds. The van der Waals surface area contributed by atoms with E-state index in [0.717, 1.165) is 11.1 Å². The molecule has 9 heteroatoms. The van der Waals surface area contributed by atoms with Gasteiger partial charge in [0.25, 0.3) is 11.7 Å². The van der Waals surface area contributed by atoms with E-state index in [2.05, 4.69) is 0 Å². The number of Topliss-reactive ketones (excluding diaryl/α,β-unsaturated/α-hetero) is 1. The van der Waals surface area contributed by atoms with Crippen LogP contribution in [0.4, 0.5) is 0 Å². The first-order valence-electron chi connectivity index (χ1n) is 11.5. The molecule has 5 rings (SSSR count). The third kappa shape index (κ3) is 4.34. The summed E-state index contributed by atoms with van der Waals surface area (Å²) in [5, 5.41) is 11.8. The second-order valence-electron chi connectivity index (χ2n) is 8.72. The fourth-order valence-corrected chi connectivity index (χ4v) is 5.02. The zero-order valence-corrected chi connectivity index (χ0v) is 21.2. The molecule has 2 aliphatic heterocycles. The van der Waals surface area contributed by atoms with E-state index in [0.29, 0.717) is 22.8 Å². The van der Waals surface area contributed by atoms with Gasteiger partial charge in [-0.3, -0.25) is 9.59 Å². The minimum atomic E-state index is -0.875. The van der Waals surface area contributed by atoms with Crippen molar-refractivity contribution in [1.82, 2.24) is 4.90 Å². The highest BCUT2D eigenvalue weighted by Gasteiger charge is 2.46. The van der Waals surface area contributed by atoms with Crippen LogP contribution in [-0.2, 0) is 16.1 Å². The number of carbonyl (C=O) groups excluding carboxylic acids is 2. The van der Waals surface area contributed by atoms with Crippen molar-refractivity contribution in [2.24, 2.45) is 0 Å². The minimum Gasteiger partial charge on any atom is -0.507 e. The van der Waals surface area contributed by atoms with Crippen molar-refractivity contribution in [3.63, 3.8) is 0 Å². The Balaban J connectivity index is 1.66. The predicted octanol–water partition coefficient (Wildman–Crippen LogP) is 5.02. The normalized spacial score (nSPS) is 17.8. The van der Waals surface area contributed by atoms with E-state index in [-0.39, 0.29) is 41.0 Å². The molecule has 0 saturated carbocycles. The summed E-state index contributed by atoms with van der Waals surface area (Å²) < 4.78 is 21.6. The smallest absolute Gasteiger partial charge is 0.295 e. The molecule has 1 unspecified atom stereocenters. The van der Waals surface area contributed by atoms with E-state index >= 15 is 0 Å². The Hall–Kier alpha value is -4.17. The molecule has 3 aromatic rings. The Bertz CT molecular complexity index is 1430. The van der Waals surface area contributed by atoms with Crippen molar-refractivity contribution in [2.45, 2.75) is 19.5 Å². The van der Waals surface area contributed by atoms with Crippen LogP contribution < -0.4 is 18.9 Å². The zero-order chi connectivity index (χ0) is 26.3. The number of benzene rings is 3. The maximum absolute atomic E-state index is 13.4. The number of ether oxygens (including phenoxy) is 4. The molecule has 1 atom stereocenters. The fraction of sp³-hybridized carbons (Fsp3) is 0.214. The summed E-state index contributed by atoms with van der Waals surface area (Å²) in [6.07, 6.45) is 0.